The fourth-order valence-electron chi connectivity index (χ4n) is 9.07. The fraction of sp³-hybridized carbons (Fsp3) is 0.824. The highest BCUT2D eigenvalue weighted by Crippen LogP contribution is 2.66. The molecule has 5 aliphatic rings. The van der Waals surface area contributed by atoms with Crippen molar-refractivity contribution in [2.45, 2.75) is 123 Å². The first kappa shape index (κ1) is 30.4. The minimum Gasteiger partial charge on any atom is -0.394 e. The Kier molecular flexibility index (Phi) is 8.81. The maximum atomic E-state index is 10.5. The molecule has 0 aromatic rings. The molecule has 1 aliphatic heterocycles. The minimum absolute atomic E-state index is 0.122. The number of aliphatic hydroxyl groups is 4. The van der Waals surface area contributed by atoms with Gasteiger partial charge < -0.3 is 29.9 Å². The van der Waals surface area contributed by atoms with E-state index in [1.165, 1.54) is 31.3 Å². The lowest BCUT2D eigenvalue weighted by Crippen LogP contribution is -2.60. The average Bonchev–Trinajstić information content (AvgIpc) is 3.29. The average molecular weight is 559 g/mol. The van der Waals surface area contributed by atoms with E-state index in [9.17, 15) is 20.4 Å². The van der Waals surface area contributed by atoms with Gasteiger partial charge in [0.2, 0.25) is 0 Å². The van der Waals surface area contributed by atoms with Crippen LogP contribution >= 0.6 is 0 Å². The second-order valence-corrected chi connectivity index (χ2v) is 14.7. The second-order valence-electron chi connectivity index (χ2n) is 14.7. The molecular formula is C34H54O6. The first-order chi connectivity index (χ1) is 18.9. The van der Waals surface area contributed by atoms with Gasteiger partial charge in [0.05, 0.1) is 12.7 Å². The molecule has 13 atom stereocenters. The Balaban J connectivity index is 1.29. The Labute approximate surface area is 241 Å². The normalized spacial score (nSPS) is 46.8. The van der Waals surface area contributed by atoms with Crippen LogP contribution in [0.5, 0.6) is 0 Å². The number of hydrogen-bond acceptors (Lipinski definition) is 6. The molecule has 5 rings (SSSR count). The first-order valence-electron chi connectivity index (χ1n) is 16.0. The molecule has 0 unspecified atom stereocenters. The van der Waals surface area contributed by atoms with Gasteiger partial charge in [0, 0.05) is 0 Å². The van der Waals surface area contributed by atoms with Gasteiger partial charge in [-0.15, -0.1) is 0 Å². The zero-order valence-electron chi connectivity index (χ0n) is 25.5. The molecule has 3 saturated carbocycles. The van der Waals surface area contributed by atoms with Crippen molar-refractivity contribution >= 4 is 0 Å². The summed E-state index contributed by atoms with van der Waals surface area (Å²) in [5.74, 6) is 3.87. The molecule has 6 heteroatoms. The van der Waals surface area contributed by atoms with Crippen molar-refractivity contribution in [3.05, 3.63) is 35.5 Å². The fourth-order valence-corrected chi connectivity index (χ4v) is 9.07. The van der Waals surface area contributed by atoms with E-state index in [0.717, 1.165) is 25.2 Å². The molecule has 226 valence electrons. The monoisotopic (exact) mass is 558 g/mol. The van der Waals surface area contributed by atoms with Crippen LogP contribution in [-0.2, 0) is 9.47 Å². The summed E-state index contributed by atoms with van der Waals surface area (Å²) in [6.45, 7) is 14.0. The highest BCUT2D eigenvalue weighted by molar-refractivity contribution is 5.39. The van der Waals surface area contributed by atoms with Crippen LogP contribution in [0.15, 0.2) is 35.5 Å². The van der Waals surface area contributed by atoms with Gasteiger partial charge >= 0.3 is 0 Å². The molecule has 1 heterocycles. The molecule has 40 heavy (non-hydrogen) atoms. The van der Waals surface area contributed by atoms with Crippen LogP contribution in [0, 0.1) is 46.3 Å². The second kappa shape index (κ2) is 11.6. The molecule has 0 aromatic carbocycles. The van der Waals surface area contributed by atoms with Gasteiger partial charge in [-0.1, -0.05) is 77.0 Å². The molecule has 0 spiro atoms. The van der Waals surface area contributed by atoms with Crippen molar-refractivity contribution in [2.75, 3.05) is 6.61 Å². The first-order valence-corrected chi connectivity index (χ1v) is 16.0. The number of hydrogen-bond donors (Lipinski definition) is 4. The summed E-state index contributed by atoms with van der Waals surface area (Å²) < 4.78 is 11.8. The maximum Gasteiger partial charge on any atom is 0.186 e. The largest absolute Gasteiger partial charge is 0.394 e. The lowest BCUT2D eigenvalue weighted by atomic mass is 9.50. The van der Waals surface area contributed by atoms with Crippen molar-refractivity contribution in [2.24, 2.45) is 46.3 Å². The van der Waals surface area contributed by atoms with E-state index in [-0.39, 0.29) is 11.5 Å². The highest BCUT2D eigenvalue weighted by Gasteiger charge is 2.57. The van der Waals surface area contributed by atoms with Crippen LogP contribution in [0.1, 0.15) is 86.5 Å². The zero-order chi connectivity index (χ0) is 29.0. The van der Waals surface area contributed by atoms with Gasteiger partial charge in [-0.2, -0.15) is 0 Å². The summed E-state index contributed by atoms with van der Waals surface area (Å²) in [7, 11) is 0. The van der Waals surface area contributed by atoms with Crippen molar-refractivity contribution in [3.63, 3.8) is 0 Å². The third-order valence-electron chi connectivity index (χ3n) is 12.2. The van der Waals surface area contributed by atoms with Gasteiger partial charge in [0.15, 0.2) is 6.29 Å². The van der Waals surface area contributed by atoms with E-state index in [0.29, 0.717) is 35.0 Å². The van der Waals surface area contributed by atoms with Crippen molar-refractivity contribution in [3.8, 4) is 0 Å². The van der Waals surface area contributed by atoms with Crippen LogP contribution in [0.25, 0.3) is 0 Å². The predicted octanol–water partition coefficient (Wildman–Crippen LogP) is 5.16. The molecule has 1 saturated heterocycles. The Hall–Kier alpha value is -1.02. The standard InChI is InChI=1S/C34H54O6/c1-19(2)20(3)7-8-21(4)25-11-12-26-24-10-9-22-17-23(13-15-33(22,5)27(24)14-16-34(25,26)6)39-32-31(38)30(37)29(36)28(18-35)40-32/h7-10,19-21,23,25-32,35-38H,11-18H2,1-6H3/b8-7+/t20-,21+,23-,25+,26-,27-,28+,29+,30-,31+,32+,33-,34+/m0/s1. The van der Waals surface area contributed by atoms with Crippen LogP contribution < -0.4 is 0 Å². The highest BCUT2D eigenvalue weighted by atomic mass is 16.7. The maximum absolute atomic E-state index is 10.5. The van der Waals surface area contributed by atoms with E-state index in [2.05, 4.69) is 65.8 Å². The van der Waals surface area contributed by atoms with Crippen LogP contribution in [0.4, 0.5) is 0 Å². The summed E-state index contributed by atoms with van der Waals surface area (Å²) in [6.07, 6.45) is 11.3. The van der Waals surface area contributed by atoms with Crippen LogP contribution in [-0.4, -0.2) is 63.8 Å². The summed E-state index contributed by atoms with van der Waals surface area (Å²) in [6, 6.07) is 0. The van der Waals surface area contributed by atoms with E-state index in [1.807, 2.05) is 0 Å². The molecular weight excluding hydrogens is 504 g/mol. The summed E-state index contributed by atoms with van der Waals surface area (Å²) in [5, 5.41) is 40.3. The SMILES string of the molecule is CC(C)[C@@H](C)/C=C/[C@@H](C)[C@H]1CC[C@H]2C3=CC=C4C[C@@H](O[C@@H]5O[C@H](CO)[C@@H](O)[C@H](O)[C@H]5O)CC[C@]4(C)[C@H]3CC[C@]12C. The van der Waals surface area contributed by atoms with Crippen molar-refractivity contribution in [1.82, 2.24) is 0 Å². The van der Waals surface area contributed by atoms with E-state index in [1.54, 1.807) is 5.57 Å². The number of ether oxygens (including phenoxy) is 2. The van der Waals surface area contributed by atoms with Gasteiger partial charge in [0.25, 0.3) is 0 Å². The summed E-state index contributed by atoms with van der Waals surface area (Å²) >= 11 is 0. The number of fused-ring (bicyclic) bond motifs is 5. The van der Waals surface area contributed by atoms with Crippen LogP contribution in [0.3, 0.4) is 0 Å². The number of allylic oxidation sites excluding steroid dienone is 5. The topological polar surface area (TPSA) is 99.4 Å². The van der Waals surface area contributed by atoms with E-state index in [4.69, 9.17) is 9.47 Å². The smallest absolute Gasteiger partial charge is 0.186 e. The van der Waals surface area contributed by atoms with E-state index < -0.39 is 37.3 Å². The molecule has 0 amide bonds. The molecule has 0 aromatic heterocycles. The van der Waals surface area contributed by atoms with Crippen LogP contribution in [0.2, 0.25) is 0 Å². The molecule has 6 nitrogen and oxygen atoms in total. The lowest BCUT2D eigenvalue weighted by molar-refractivity contribution is -0.312. The summed E-state index contributed by atoms with van der Waals surface area (Å²) in [5.41, 5.74) is 3.58. The molecule has 0 radical (unpaired) electrons. The zero-order valence-corrected chi connectivity index (χ0v) is 25.5. The lowest BCUT2D eigenvalue weighted by Gasteiger charge is -2.55. The van der Waals surface area contributed by atoms with Gasteiger partial charge in [-0.3, -0.25) is 0 Å². The Morgan fingerprint density at radius 3 is 2.38 bits per heavy atom. The Morgan fingerprint density at radius 2 is 1.68 bits per heavy atom. The van der Waals surface area contributed by atoms with E-state index >= 15 is 0 Å². The summed E-state index contributed by atoms with van der Waals surface area (Å²) in [4.78, 5) is 0. The molecule has 4 aliphatic carbocycles. The van der Waals surface area contributed by atoms with Gasteiger partial charge in [0.1, 0.15) is 24.4 Å². The number of rotatable bonds is 7. The molecule has 4 N–H and O–H groups in total. The minimum atomic E-state index is -1.41. The molecule has 4 fully saturated rings. The molecule has 0 bridgehead atoms. The number of aliphatic hydroxyl groups excluding tert-OH is 4. The van der Waals surface area contributed by atoms with Crippen molar-refractivity contribution < 1.29 is 29.9 Å². The van der Waals surface area contributed by atoms with Gasteiger partial charge in [-0.25, -0.2) is 0 Å². The Bertz CT molecular complexity index is 1000. The third-order valence-corrected chi connectivity index (χ3v) is 12.2. The van der Waals surface area contributed by atoms with Crippen molar-refractivity contribution in [1.29, 1.82) is 0 Å². The van der Waals surface area contributed by atoms with Gasteiger partial charge in [-0.05, 0) is 91.3 Å². The Morgan fingerprint density at radius 1 is 0.925 bits per heavy atom. The third kappa shape index (κ3) is 5.20. The predicted molar refractivity (Wildman–Crippen MR) is 156 cm³/mol. The quantitative estimate of drug-likeness (QED) is 0.323.